The van der Waals surface area contributed by atoms with Gasteiger partial charge in [-0.1, -0.05) is 17.3 Å². The normalized spacial score (nSPS) is 11.4. The summed E-state index contributed by atoms with van der Waals surface area (Å²) in [6.45, 7) is 0.990. The lowest BCUT2D eigenvalue weighted by Gasteiger charge is -2.06. The first-order valence-electron chi connectivity index (χ1n) is 4.47. The minimum absolute atomic E-state index is 0.0622. The molecule has 15 heavy (non-hydrogen) atoms. The molecule has 0 amide bonds. The number of hydrogen-bond acceptors (Lipinski definition) is 4. The number of amidine groups is 1. The topological polar surface area (TPSA) is 77.1 Å². The van der Waals surface area contributed by atoms with Gasteiger partial charge in [-0.15, -0.1) is 0 Å². The summed E-state index contributed by atoms with van der Waals surface area (Å²) in [4.78, 5) is 0. The van der Waals surface area contributed by atoms with E-state index in [4.69, 9.17) is 20.4 Å². The molecule has 5 heteroatoms. The molecule has 0 aliphatic carbocycles. The Balaban J connectivity index is 2.66. The van der Waals surface area contributed by atoms with Gasteiger partial charge >= 0.3 is 0 Å². The second-order valence-electron chi connectivity index (χ2n) is 2.85. The third kappa shape index (κ3) is 3.47. The molecular weight excluding hydrogens is 196 g/mol. The van der Waals surface area contributed by atoms with Crippen LogP contribution in [0, 0.1) is 0 Å². The van der Waals surface area contributed by atoms with Crippen LogP contribution in [-0.4, -0.2) is 31.4 Å². The van der Waals surface area contributed by atoms with Crippen molar-refractivity contribution in [2.75, 3.05) is 20.3 Å². The molecule has 1 aromatic carbocycles. The third-order valence-electron chi connectivity index (χ3n) is 1.79. The molecule has 1 rings (SSSR count). The highest BCUT2D eigenvalue weighted by atomic mass is 16.5. The number of nitrogens with zero attached hydrogens (tertiary/aromatic N) is 1. The van der Waals surface area contributed by atoms with Gasteiger partial charge in [-0.25, -0.2) is 0 Å². The molecule has 0 bridgehead atoms. The largest absolute Gasteiger partial charge is 0.491 e. The molecule has 3 N–H and O–H groups in total. The van der Waals surface area contributed by atoms with Gasteiger partial charge in [0.05, 0.1) is 6.61 Å². The third-order valence-corrected chi connectivity index (χ3v) is 1.79. The molecule has 0 spiro atoms. The summed E-state index contributed by atoms with van der Waals surface area (Å²) in [5, 5.41) is 11.4. The molecule has 0 unspecified atom stereocenters. The Morgan fingerprint density at radius 3 is 2.93 bits per heavy atom. The summed E-state index contributed by atoms with van der Waals surface area (Å²) < 4.78 is 10.2. The Morgan fingerprint density at radius 2 is 2.27 bits per heavy atom. The molecule has 0 fully saturated rings. The number of benzene rings is 1. The van der Waals surface area contributed by atoms with Gasteiger partial charge in [-0.2, -0.15) is 0 Å². The van der Waals surface area contributed by atoms with Crippen molar-refractivity contribution in [1.29, 1.82) is 0 Å². The van der Waals surface area contributed by atoms with Crippen LogP contribution >= 0.6 is 0 Å². The predicted molar refractivity (Wildman–Crippen MR) is 56.3 cm³/mol. The first-order chi connectivity index (χ1) is 7.27. The Kier molecular flexibility index (Phi) is 4.43. The minimum Gasteiger partial charge on any atom is -0.491 e. The monoisotopic (exact) mass is 210 g/mol. The predicted octanol–water partition coefficient (Wildman–Crippen LogP) is 0.806. The van der Waals surface area contributed by atoms with Crippen molar-refractivity contribution in [2.45, 2.75) is 0 Å². The van der Waals surface area contributed by atoms with Crippen LogP contribution in [0.3, 0.4) is 0 Å². The van der Waals surface area contributed by atoms with E-state index in [1.54, 1.807) is 31.4 Å². The highest BCUT2D eigenvalue weighted by Crippen LogP contribution is 2.12. The molecule has 82 valence electrons. The van der Waals surface area contributed by atoms with Gasteiger partial charge < -0.3 is 20.4 Å². The maximum absolute atomic E-state index is 8.50. The van der Waals surface area contributed by atoms with Gasteiger partial charge in [0.2, 0.25) is 0 Å². The van der Waals surface area contributed by atoms with Gasteiger partial charge in [-0.3, -0.25) is 0 Å². The number of nitrogens with two attached hydrogens (primary N) is 1. The van der Waals surface area contributed by atoms with Crippen LogP contribution in [0.25, 0.3) is 0 Å². The summed E-state index contributed by atoms with van der Waals surface area (Å²) in [7, 11) is 1.61. The number of ether oxygens (including phenoxy) is 2. The Hall–Kier alpha value is -1.75. The molecule has 0 atom stereocenters. The average Bonchev–Trinajstić information content (AvgIpc) is 2.29. The molecule has 0 heterocycles. The fourth-order valence-electron chi connectivity index (χ4n) is 1.05. The number of hydrogen-bond donors (Lipinski definition) is 2. The van der Waals surface area contributed by atoms with Gasteiger partial charge in [-0.05, 0) is 12.1 Å². The van der Waals surface area contributed by atoms with E-state index in [0.29, 0.717) is 24.5 Å². The van der Waals surface area contributed by atoms with Crippen molar-refractivity contribution in [3.63, 3.8) is 0 Å². The highest BCUT2D eigenvalue weighted by molar-refractivity contribution is 5.97. The van der Waals surface area contributed by atoms with Crippen LogP contribution in [0.4, 0.5) is 0 Å². The van der Waals surface area contributed by atoms with Gasteiger partial charge in [0.15, 0.2) is 5.84 Å². The number of oxime groups is 1. The summed E-state index contributed by atoms with van der Waals surface area (Å²) in [5.41, 5.74) is 6.06. The SMILES string of the molecule is COCCOc1cccc(/C(N)=N/O)c1. The number of rotatable bonds is 5. The van der Waals surface area contributed by atoms with Crippen LogP contribution < -0.4 is 10.5 Å². The van der Waals surface area contributed by atoms with Crippen molar-refractivity contribution in [3.05, 3.63) is 29.8 Å². The van der Waals surface area contributed by atoms with Crippen molar-refractivity contribution in [3.8, 4) is 5.75 Å². The number of methoxy groups -OCH3 is 1. The van der Waals surface area contributed by atoms with Crippen molar-refractivity contribution < 1.29 is 14.7 Å². The fraction of sp³-hybridized carbons (Fsp3) is 0.300. The first kappa shape index (κ1) is 11.3. The minimum atomic E-state index is 0.0622. The molecule has 0 radical (unpaired) electrons. The van der Waals surface area contributed by atoms with E-state index >= 15 is 0 Å². The molecule has 1 aromatic rings. The van der Waals surface area contributed by atoms with E-state index in [1.165, 1.54) is 0 Å². The van der Waals surface area contributed by atoms with Crippen LogP contribution in [0.15, 0.2) is 29.4 Å². The molecular formula is C10H14N2O3. The van der Waals surface area contributed by atoms with E-state index in [1.807, 2.05) is 0 Å². The van der Waals surface area contributed by atoms with Crippen LogP contribution in [0.2, 0.25) is 0 Å². The summed E-state index contributed by atoms with van der Waals surface area (Å²) in [5.74, 6) is 0.725. The molecule has 5 nitrogen and oxygen atoms in total. The van der Waals surface area contributed by atoms with Crippen LogP contribution in [0.1, 0.15) is 5.56 Å². The highest BCUT2D eigenvalue weighted by Gasteiger charge is 2.00. The van der Waals surface area contributed by atoms with Gasteiger partial charge in [0, 0.05) is 12.7 Å². The Labute approximate surface area is 88.1 Å². The van der Waals surface area contributed by atoms with E-state index in [0.717, 1.165) is 0 Å². The summed E-state index contributed by atoms with van der Waals surface area (Å²) >= 11 is 0. The first-order valence-corrected chi connectivity index (χ1v) is 4.47. The van der Waals surface area contributed by atoms with Crippen molar-refractivity contribution >= 4 is 5.84 Å². The quantitative estimate of drug-likeness (QED) is 0.248. The zero-order valence-corrected chi connectivity index (χ0v) is 8.51. The average molecular weight is 210 g/mol. The second-order valence-corrected chi connectivity index (χ2v) is 2.85. The van der Waals surface area contributed by atoms with Crippen molar-refractivity contribution in [1.82, 2.24) is 0 Å². The molecule has 0 aromatic heterocycles. The van der Waals surface area contributed by atoms with E-state index < -0.39 is 0 Å². The van der Waals surface area contributed by atoms with Crippen LogP contribution in [0.5, 0.6) is 5.75 Å². The fourth-order valence-corrected chi connectivity index (χ4v) is 1.05. The second kappa shape index (κ2) is 5.87. The van der Waals surface area contributed by atoms with E-state index in [2.05, 4.69) is 5.16 Å². The van der Waals surface area contributed by atoms with E-state index in [-0.39, 0.29) is 5.84 Å². The van der Waals surface area contributed by atoms with Gasteiger partial charge in [0.1, 0.15) is 12.4 Å². The molecule has 0 saturated heterocycles. The van der Waals surface area contributed by atoms with Crippen LogP contribution in [-0.2, 0) is 4.74 Å². The zero-order chi connectivity index (χ0) is 11.1. The summed E-state index contributed by atoms with van der Waals surface area (Å²) in [6, 6.07) is 7.00. The smallest absolute Gasteiger partial charge is 0.170 e. The standard InChI is InChI=1S/C10H14N2O3/c1-14-5-6-15-9-4-2-3-8(7-9)10(11)12-13/h2-4,7,13H,5-6H2,1H3,(H2,11,12). The van der Waals surface area contributed by atoms with Gasteiger partial charge in [0.25, 0.3) is 0 Å². The van der Waals surface area contributed by atoms with Crippen molar-refractivity contribution in [2.24, 2.45) is 10.9 Å². The summed E-state index contributed by atoms with van der Waals surface area (Å²) in [6.07, 6.45) is 0. The molecule has 0 aliphatic rings. The zero-order valence-electron chi connectivity index (χ0n) is 8.51. The lowest BCUT2D eigenvalue weighted by atomic mass is 10.2. The Bertz CT molecular complexity index is 339. The lowest BCUT2D eigenvalue weighted by Crippen LogP contribution is -2.13. The molecule has 0 aliphatic heterocycles. The maximum Gasteiger partial charge on any atom is 0.170 e. The Morgan fingerprint density at radius 1 is 1.47 bits per heavy atom. The van der Waals surface area contributed by atoms with E-state index in [9.17, 15) is 0 Å². The molecule has 0 saturated carbocycles. The maximum atomic E-state index is 8.50. The lowest BCUT2D eigenvalue weighted by molar-refractivity contribution is 0.146.